The molecule has 7 nitrogen and oxygen atoms in total. The number of rotatable bonds is 3. The molecule has 1 unspecified atom stereocenters. The van der Waals surface area contributed by atoms with Gasteiger partial charge in [0.25, 0.3) is 5.56 Å². The van der Waals surface area contributed by atoms with E-state index in [0.29, 0.717) is 18.8 Å². The highest BCUT2D eigenvalue weighted by Crippen LogP contribution is 2.42. The van der Waals surface area contributed by atoms with Crippen LogP contribution in [0.4, 0.5) is 5.69 Å². The number of hydrogen-bond acceptors (Lipinski definition) is 6. The first-order valence-corrected chi connectivity index (χ1v) is 13.4. The van der Waals surface area contributed by atoms with Gasteiger partial charge in [-0.1, -0.05) is 81.3 Å². The van der Waals surface area contributed by atoms with Crippen LogP contribution in [0.25, 0.3) is 11.8 Å². The molecule has 0 saturated carbocycles. The number of hydrogen-bond donors (Lipinski definition) is 1. The van der Waals surface area contributed by atoms with Crippen LogP contribution < -0.4 is 14.9 Å². The van der Waals surface area contributed by atoms with Crippen molar-refractivity contribution >= 4 is 56.3 Å². The smallest absolute Gasteiger partial charge is 0.312 e. The number of nitro benzene ring substituents is 1. The zero-order valence-corrected chi connectivity index (χ0v) is 22.2. The lowest BCUT2D eigenvalue weighted by atomic mass is 9.83. The first-order chi connectivity index (χ1) is 17.8. The maximum absolute atomic E-state index is 13.8. The molecule has 10 heteroatoms. The van der Waals surface area contributed by atoms with Crippen LogP contribution in [-0.2, 0) is 6.42 Å². The number of aromatic nitrogens is 1. The zero-order valence-electron chi connectivity index (χ0n) is 19.0. The number of allylic oxidation sites excluding steroid dienone is 1. The Kier molecular flexibility index (Phi) is 5.86. The van der Waals surface area contributed by atoms with E-state index in [0.717, 1.165) is 35.2 Å². The molecule has 1 aromatic heterocycles. The third-order valence-electron chi connectivity index (χ3n) is 6.64. The number of phenols is 1. The molecule has 2 aliphatic rings. The van der Waals surface area contributed by atoms with Crippen LogP contribution >= 0.6 is 38.9 Å². The Morgan fingerprint density at radius 2 is 1.92 bits per heavy atom. The van der Waals surface area contributed by atoms with E-state index in [1.807, 2.05) is 42.5 Å². The summed E-state index contributed by atoms with van der Waals surface area (Å²) >= 11 is 11.1. The minimum atomic E-state index is -0.665. The Labute approximate surface area is 227 Å². The molecule has 37 heavy (non-hydrogen) atoms. The predicted octanol–water partition coefficient (Wildman–Crippen LogP) is 5.35. The van der Waals surface area contributed by atoms with Crippen LogP contribution in [-0.4, -0.2) is 14.6 Å². The summed E-state index contributed by atoms with van der Waals surface area (Å²) in [5.41, 5.74) is 4.32. The largest absolute Gasteiger partial charge is 0.502 e. The van der Waals surface area contributed by atoms with Gasteiger partial charge in [-0.3, -0.25) is 19.5 Å². The van der Waals surface area contributed by atoms with E-state index >= 15 is 0 Å². The van der Waals surface area contributed by atoms with Gasteiger partial charge in [-0.2, -0.15) is 0 Å². The van der Waals surface area contributed by atoms with E-state index in [1.54, 1.807) is 4.57 Å². The average molecular weight is 595 g/mol. The van der Waals surface area contributed by atoms with Crippen LogP contribution in [0.3, 0.4) is 0 Å². The van der Waals surface area contributed by atoms with Crippen molar-refractivity contribution in [2.75, 3.05) is 0 Å². The number of fused-ring (bicyclic) bond motifs is 3. The first kappa shape index (κ1) is 23.8. The third kappa shape index (κ3) is 3.94. The number of nitro groups is 1. The van der Waals surface area contributed by atoms with Crippen molar-refractivity contribution in [1.82, 2.24) is 4.57 Å². The van der Waals surface area contributed by atoms with Gasteiger partial charge in [0, 0.05) is 26.7 Å². The zero-order chi connectivity index (χ0) is 25.8. The molecule has 0 amide bonds. The average Bonchev–Trinajstić information content (AvgIpc) is 3.19. The second-order valence-corrected chi connectivity index (χ2v) is 11.1. The van der Waals surface area contributed by atoms with Crippen LogP contribution in [0.2, 0.25) is 5.02 Å². The Morgan fingerprint density at radius 1 is 1.16 bits per heavy atom. The molecule has 184 valence electrons. The minimum Gasteiger partial charge on any atom is -0.502 e. The molecule has 0 radical (unpaired) electrons. The maximum atomic E-state index is 13.8. The first-order valence-electron chi connectivity index (χ1n) is 11.4. The van der Waals surface area contributed by atoms with Crippen molar-refractivity contribution in [2.24, 2.45) is 4.99 Å². The SMILES string of the molecule is O=c1c(=Cc2cc(Br)cc([N+](=O)[O-])c2O)sc2n1C(c1ccccc1Cl)C1=C(N=2)c2ccccc2CC1. The summed E-state index contributed by atoms with van der Waals surface area (Å²) < 4.78 is 2.36. The molecule has 3 aromatic carbocycles. The normalized spacial score (nSPS) is 16.6. The fraction of sp³-hybridized carbons (Fsp3) is 0.111. The number of aryl methyl sites for hydroxylation is 1. The summed E-state index contributed by atoms with van der Waals surface area (Å²) in [5, 5.41) is 22.5. The summed E-state index contributed by atoms with van der Waals surface area (Å²) in [6.45, 7) is 0. The lowest BCUT2D eigenvalue weighted by Crippen LogP contribution is -2.38. The van der Waals surface area contributed by atoms with E-state index in [1.165, 1.54) is 35.1 Å². The summed E-state index contributed by atoms with van der Waals surface area (Å²) in [6.07, 6.45) is 3.02. The third-order valence-corrected chi connectivity index (χ3v) is 8.43. The van der Waals surface area contributed by atoms with E-state index in [4.69, 9.17) is 16.6 Å². The van der Waals surface area contributed by atoms with E-state index in [2.05, 4.69) is 22.0 Å². The highest BCUT2D eigenvalue weighted by molar-refractivity contribution is 9.10. The molecular formula is C27H17BrClN3O4S. The maximum Gasteiger partial charge on any atom is 0.312 e. The highest BCUT2D eigenvalue weighted by atomic mass is 79.9. The van der Waals surface area contributed by atoms with Crippen molar-refractivity contribution in [3.05, 3.63) is 128 Å². The topological polar surface area (TPSA) is 97.7 Å². The fourth-order valence-corrected chi connectivity index (χ4v) is 6.69. The molecule has 4 aromatic rings. The standard InChI is InChI=1S/C27H17BrClN3O4S/c28-16-11-15(25(33)21(13-16)32(35)36)12-22-26(34)31-24(18-7-3-4-8-20(18)29)19-10-9-14-5-1-2-6-17(14)23(19)30-27(31)37-22/h1-8,11-13,24,33H,9-10H2. The van der Waals surface area contributed by atoms with Crippen LogP contribution in [0, 0.1) is 10.1 Å². The van der Waals surface area contributed by atoms with E-state index in [-0.39, 0.29) is 11.1 Å². The van der Waals surface area contributed by atoms with Crippen molar-refractivity contribution in [1.29, 1.82) is 0 Å². The number of halogens is 2. The predicted molar refractivity (Wildman–Crippen MR) is 147 cm³/mol. The van der Waals surface area contributed by atoms with Gasteiger partial charge in [-0.05, 0) is 47.8 Å². The number of nitrogens with zero attached hydrogens (tertiary/aromatic N) is 3. The molecular weight excluding hydrogens is 578 g/mol. The van der Waals surface area contributed by atoms with Gasteiger partial charge in [0.15, 0.2) is 4.80 Å². The van der Waals surface area contributed by atoms with E-state index < -0.39 is 22.4 Å². The minimum absolute atomic E-state index is 0.162. The van der Waals surface area contributed by atoms with Gasteiger partial charge in [0.1, 0.15) is 0 Å². The van der Waals surface area contributed by atoms with Gasteiger partial charge in [-0.25, -0.2) is 4.99 Å². The van der Waals surface area contributed by atoms with Crippen molar-refractivity contribution < 1.29 is 10.0 Å². The second kappa shape index (κ2) is 9.09. The summed E-state index contributed by atoms with van der Waals surface area (Å²) in [5.74, 6) is -0.505. The van der Waals surface area contributed by atoms with Gasteiger partial charge in [-0.15, -0.1) is 0 Å². The molecule has 0 saturated heterocycles. The van der Waals surface area contributed by atoms with Gasteiger partial charge < -0.3 is 5.11 Å². The summed E-state index contributed by atoms with van der Waals surface area (Å²) in [7, 11) is 0. The molecule has 1 aliphatic carbocycles. The summed E-state index contributed by atoms with van der Waals surface area (Å²) in [6, 6.07) is 17.9. The number of benzene rings is 3. The molecule has 1 aliphatic heterocycles. The van der Waals surface area contributed by atoms with Crippen molar-refractivity contribution in [3.63, 3.8) is 0 Å². The lowest BCUT2D eigenvalue weighted by molar-refractivity contribution is -0.385. The van der Waals surface area contributed by atoms with Crippen LogP contribution in [0.15, 0.2) is 80.5 Å². The van der Waals surface area contributed by atoms with Crippen LogP contribution in [0.1, 0.15) is 34.7 Å². The quantitative estimate of drug-likeness (QED) is 0.255. The highest BCUT2D eigenvalue weighted by Gasteiger charge is 2.33. The number of aromatic hydroxyl groups is 1. The molecule has 2 heterocycles. The summed E-state index contributed by atoms with van der Waals surface area (Å²) in [4.78, 5) is 30.0. The second-order valence-electron chi connectivity index (χ2n) is 8.76. The molecule has 1 atom stereocenters. The molecule has 0 bridgehead atoms. The number of phenolic OH excluding ortho intramolecular Hbond substituents is 1. The Bertz CT molecular complexity index is 1840. The van der Waals surface area contributed by atoms with Gasteiger partial charge >= 0.3 is 5.69 Å². The van der Waals surface area contributed by atoms with Gasteiger partial charge in [0.05, 0.1) is 21.2 Å². The molecule has 0 spiro atoms. The Morgan fingerprint density at radius 3 is 2.70 bits per heavy atom. The molecule has 1 N–H and O–H groups in total. The van der Waals surface area contributed by atoms with Crippen molar-refractivity contribution in [3.8, 4) is 5.75 Å². The number of thiazole rings is 1. The van der Waals surface area contributed by atoms with E-state index in [9.17, 15) is 20.0 Å². The Balaban J connectivity index is 1.64. The fourth-order valence-electron chi connectivity index (χ4n) is 4.99. The Hall–Kier alpha value is -3.53. The van der Waals surface area contributed by atoms with Gasteiger partial charge in [0.2, 0.25) is 5.75 Å². The van der Waals surface area contributed by atoms with Crippen molar-refractivity contribution in [2.45, 2.75) is 18.9 Å². The lowest BCUT2D eigenvalue weighted by Gasteiger charge is -2.31. The monoisotopic (exact) mass is 593 g/mol. The molecule has 0 fully saturated rings. The molecule has 6 rings (SSSR count). The van der Waals surface area contributed by atoms with Crippen LogP contribution in [0.5, 0.6) is 5.75 Å².